The average molecular weight is 490 g/mol. The molecule has 0 atom stereocenters. The van der Waals surface area contributed by atoms with E-state index in [9.17, 15) is 23.3 Å². The molecule has 10 nitrogen and oxygen atoms in total. The van der Waals surface area contributed by atoms with Crippen LogP contribution < -0.4 is 14.3 Å². The van der Waals surface area contributed by atoms with Gasteiger partial charge in [0.15, 0.2) is 11.5 Å². The van der Waals surface area contributed by atoms with Gasteiger partial charge < -0.3 is 8.92 Å². The smallest absolute Gasteiger partial charge is 0.339 e. The van der Waals surface area contributed by atoms with E-state index in [1.54, 1.807) is 24.3 Å². The normalized spacial score (nSPS) is 11.2. The molecule has 0 spiro atoms. The van der Waals surface area contributed by atoms with E-state index in [1.165, 1.54) is 49.7 Å². The Morgan fingerprint density at radius 1 is 1.09 bits per heavy atom. The Bertz CT molecular complexity index is 1330. The lowest BCUT2D eigenvalue weighted by Gasteiger charge is -2.11. The number of hydrogen-bond acceptors (Lipinski definition) is 8. The van der Waals surface area contributed by atoms with Crippen molar-refractivity contribution in [3.63, 3.8) is 0 Å². The topological polar surface area (TPSA) is 137 Å². The molecular formula is C21H16ClN3O7S. The Morgan fingerprint density at radius 2 is 1.82 bits per heavy atom. The molecular weight excluding hydrogens is 474 g/mol. The molecule has 0 aliphatic rings. The third-order valence-electron chi connectivity index (χ3n) is 4.19. The molecule has 170 valence electrons. The zero-order chi connectivity index (χ0) is 24.0. The van der Waals surface area contributed by atoms with Crippen molar-refractivity contribution in [2.24, 2.45) is 5.10 Å². The summed E-state index contributed by atoms with van der Waals surface area (Å²) in [5.74, 6) is -0.513. The van der Waals surface area contributed by atoms with Crippen LogP contribution in [0.2, 0.25) is 5.02 Å². The SMILES string of the molecule is COc1cc(/C=N\NC(=O)c2ccc(Cl)cc2)ccc1OS(=O)(=O)c1cccc([N+](=O)[O-])c1. The van der Waals surface area contributed by atoms with Crippen LogP contribution in [-0.4, -0.2) is 32.6 Å². The predicted octanol–water partition coefficient (Wildman–Crippen LogP) is 3.79. The molecule has 12 heteroatoms. The van der Waals surface area contributed by atoms with Crippen molar-refractivity contribution in [3.8, 4) is 11.5 Å². The Morgan fingerprint density at radius 3 is 2.48 bits per heavy atom. The molecule has 0 fully saturated rings. The molecule has 3 aromatic rings. The summed E-state index contributed by atoms with van der Waals surface area (Å²) in [6.45, 7) is 0. The highest BCUT2D eigenvalue weighted by molar-refractivity contribution is 7.87. The standard InChI is InChI=1S/C21H16ClN3O7S/c1-31-20-11-14(13-23-24-21(26)15-6-8-16(22)9-7-15)5-10-19(20)32-33(29,30)18-4-2-3-17(12-18)25(27)28/h2-13H,1H3,(H,24,26)/b23-13-. The molecule has 0 unspecified atom stereocenters. The van der Waals surface area contributed by atoms with Gasteiger partial charge in [0.25, 0.3) is 11.6 Å². The lowest BCUT2D eigenvalue weighted by Crippen LogP contribution is -2.17. The number of hydrogen-bond donors (Lipinski definition) is 1. The highest BCUT2D eigenvalue weighted by Gasteiger charge is 2.21. The van der Waals surface area contributed by atoms with Crippen molar-refractivity contribution in [2.75, 3.05) is 7.11 Å². The molecule has 3 aromatic carbocycles. The average Bonchev–Trinajstić information content (AvgIpc) is 2.80. The summed E-state index contributed by atoms with van der Waals surface area (Å²) >= 11 is 5.79. The summed E-state index contributed by atoms with van der Waals surface area (Å²) in [4.78, 5) is 21.9. The van der Waals surface area contributed by atoms with Crippen LogP contribution in [0.15, 0.2) is 76.7 Å². The van der Waals surface area contributed by atoms with E-state index < -0.39 is 20.9 Å². The predicted molar refractivity (Wildman–Crippen MR) is 120 cm³/mol. The van der Waals surface area contributed by atoms with Crippen LogP contribution in [0.4, 0.5) is 5.69 Å². The molecule has 0 heterocycles. The molecule has 0 radical (unpaired) electrons. The van der Waals surface area contributed by atoms with Crippen molar-refractivity contribution < 1.29 is 27.1 Å². The van der Waals surface area contributed by atoms with E-state index >= 15 is 0 Å². The zero-order valence-electron chi connectivity index (χ0n) is 17.0. The van der Waals surface area contributed by atoms with E-state index in [2.05, 4.69) is 10.5 Å². The molecule has 3 rings (SSSR count). The van der Waals surface area contributed by atoms with E-state index in [4.69, 9.17) is 20.5 Å². The number of carbonyl (C=O) groups is 1. The summed E-state index contributed by atoms with van der Waals surface area (Å²) in [5.41, 5.74) is 2.81. The van der Waals surface area contributed by atoms with Crippen molar-refractivity contribution >= 4 is 39.5 Å². The first-order chi connectivity index (χ1) is 15.7. The van der Waals surface area contributed by atoms with Gasteiger partial charge in [-0.15, -0.1) is 0 Å². The van der Waals surface area contributed by atoms with Crippen LogP contribution in [0.3, 0.4) is 0 Å². The Labute approximate surface area is 193 Å². The number of hydrazone groups is 1. The van der Waals surface area contributed by atoms with Crippen LogP contribution in [0.25, 0.3) is 0 Å². The maximum absolute atomic E-state index is 12.5. The monoisotopic (exact) mass is 489 g/mol. The van der Waals surface area contributed by atoms with Gasteiger partial charge >= 0.3 is 10.1 Å². The lowest BCUT2D eigenvalue weighted by atomic mass is 10.2. The van der Waals surface area contributed by atoms with Gasteiger partial charge in [0.05, 0.1) is 18.2 Å². The van der Waals surface area contributed by atoms with Gasteiger partial charge in [-0.2, -0.15) is 13.5 Å². The van der Waals surface area contributed by atoms with Gasteiger partial charge in [0, 0.05) is 22.7 Å². The number of nitro groups is 1. The van der Waals surface area contributed by atoms with E-state index in [1.807, 2.05) is 0 Å². The molecule has 0 aliphatic carbocycles. The number of ether oxygens (including phenoxy) is 1. The Kier molecular flexibility index (Phi) is 7.26. The number of amides is 1. The Balaban J connectivity index is 1.74. The molecule has 1 amide bonds. The minimum Gasteiger partial charge on any atom is -0.493 e. The summed E-state index contributed by atoms with van der Waals surface area (Å²) in [7, 11) is -3.05. The molecule has 33 heavy (non-hydrogen) atoms. The van der Waals surface area contributed by atoms with Gasteiger partial charge in [0.2, 0.25) is 0 Å². The molecule has 0 bridgehead atoms. The summed E-state index contributed by atoms with van der Waals surface area (Å²) < 4.78 is 35.4. The molecule has 0 saturated heterocycles. The van der Waals surface area contributed by atoms with Gasteiger partial charge in [-0.1, -0.05) is 17.7 Å². The first-order valence-electron chi connectivity index (χ1n) is 9.15. The third kappa shape index (κ3) is 6.05. The quantitative estimate of drug-likeness (QED) is 0.220. The van der Waals surface area contributed by atoms with Crippen LogP contribution >= 0.6 is 11.6 Å². The van der Waals surface area contributed by atoms with Gasteiger partial charge in [-0.3, -0.25) is 14.9 Å². The van der Waals surface area contributed by atoms with Crippen LogP contribution in [0.5, 0.6) is 11.5 Å². The number of halogens is 1. The lowest BCUT2D eigenvalue weighted by molar-refractivity contribution is -0.385. The number of nitro benzene ring substituents is 1. The van der Waals surface area contributed by atoms with E-state index in [0.717, 1.165) is 6.07 Å². The number of rotatable bonds is 8. The molecule has 0 aliphatic heterocycles. The van der Waals surface area contributed by atoms with Gasteiger partial charge in [-0.05, 0) is 54.1 Å². The fourth-order valence-corrected chi connectivity index (χ4v) is 3.69. The second-order valence-electron chi connectivity index (χ2n) is 6.41. The van der Waals surface area contributed by atoms with Crippen molar-refractivity contribution in [3.05, 3.63) is 93.0 Å². The fraction of sp³-hybridized carbons (Fsp3) is 0.0476. The molecule has 0 aromatic heterocycles. The second kappa shape index (κ2) is 10.1. The van der Waals surface area contributed by atoms with E-state index in [0.29, 0.717) is 16.1 Å². The maximum Gasteiger partial charge on any atom is 0.339 e. The molecule has 0 saturated carbocycles. The first kappa shape index (κ1) is 23.7. The highest BCUT2D eigenvalue weighted by Crippen LogP contribution is 2.31. The number of methoxy groups -OCH3 is 1. The highest BCUT2D eigenvalue weighted by atomic mass is 35.5. The Hall–Kier alpha value is -3.96. The fourth-order valence-electron chi connectivity index (χ4n) is 2.58. The van der Waals surface area contributed by atoms with Gasteiger partial charge in [-0.25, -0.2) is 5.43 Å². The van der Waals surface area contributed by atoms with Crippen LogP contribution in [0.1, 0.15) is 15.9 Å². The zero-order valence-corrected chi connectivity index (χ0v) is 18.5. The van der Waals surface area contributed by atoms with Crippen molar-refractivity contribution in [1.82, 2.24) is 5.43 Å². The minimum atomic E-state index is -4.36. The van der Waals surface area contributed by atoms with Crippen molar-refractivity contribution in [1.29, 1.82) is 0 Å². The number of nitrogens with zero attached hydrogens (tertiary/aromatic N) is 2. The third-order valence-corrected chi connectivity index (χ3v) is 5.67. The van der Waals surface area contributed by atoms with Crippen LogP contribution in [-0.2, 0) is 10.1 Å². The van der Waals surface area contributed by atoms with Gasteiger partial charge in [0.1, 0.15) is 4.90 Å². The summed E-state index contributed by atoms with van der Waals surface area (Å²) in [6.07, 6.45) is 1.33. The minimum absolute atomic E-state index is 0.0667. The van der Waals surface area contributed by atoms with Crippen LogP contribution in [0, 0.1) is 10.1 Å². The summed E-state index contributed by atoms with van der Waals surface area (Å²) in [5, 5.41) is 15.3. The number of nitrogens with one attached hydrogen (secondary N) is 1. The largest absolute Gasteiger partial charge is 0.493 e. The van der Waals surface area contributed by atoms with Crippen molar-refractivity contribution in [2.45, 2.75) is 4.90 Å². The first-order valence-corrected chi connectivity index (χ1v) is 10.9. The number of benzene rings is 3. The number of carbonyl (C=O) groups excluding carboxylic acids is 1. The molecule has 1 N–H and O–H groups in total. The van der Waals surface area contributed by atoms with E-state index in [-0.39, 0.29) is 22.1 Å². The number of non-ortho nitro benzene ring substituents is 1. The maximum atomic E-state index is 12.5. The summed E-state index contributed by atoms with van der Waals surface area (Å²) in [6, 6.07) is 15.0. The second-order valence-corrected chi connectivity index (χ2v) is 8.39.